The highest BCUT2D eigenvalue weighted by Gasteiger charge is 2.30. The molecule has 0 aromatic heterocycles. The minimum absolute atomic E-state index is 0.100. The van der Waals surface area contributed by atoms with Crippen LogP contribution in [-0.4, -0.2) is 19.6 Å². The predicted octanol–water partition coefficient (Wildman–Crippen LogP) is 4.61. The van der Waals surface area contributed by atoms with Crippen LogP contribution in [0.15, 0.2) is 59.8 Å². The average molecular weight is 350 g/mol. The van der Waals surface area contributed by atoms with Crippen LogP contribution in [0.3, 0.4) is 0 Å². The third-order valence-corrected chi connectivity index (χ3v) is 4.26. The van der Waals surface area contributed by atoms with Crippen molar-refractivity contribution in [3.63, 3.8) is 0 Å². The molecule has 2 N–H and O–H groups in total. The summed E-state index contributed by atoms with van der Waals surface area (Å²) in [7, 11) is 1.89. The van der Waals surface area contributed by atoms with Crippen LogP contribution in [0.4, 0.5) is 13.2 Å². The molecule has 25 heavy (non-hydrogen) atoms. The minimum atomic E-state index is -4.29. The van der Waals surface area contributed by atoms with Crippen LogP contribution in [0, 0.1) is 0 Å². The Labute approximate surface area is 147 Å². The predicted molar refractivity (Wildman–Crippen MR) is 96.2 cm³/mol. The van der Waals surface area contributed by atoms with Crippen molar-refractivity contribution in [2.75, 3.05) is 13.6 Å². The molecule has 0 saturated heterocycles. The fraction of sp³-hybridized carbons (Fsp3) is 0.400. The Kier molecular flexibility index (Phi) is 6.48. The number of hydrogen-bond donors (Lipinski definition) is 2. The van der Waals surface area contributed by atoms with E-state index in [2.05, 4.69) is 30.2 Å². The van der Waals surface area contributed by atoms with Gasteiger partial charge in [-0.25, -0.2) is 0 Å². The number of halogens is 3. The maximum atomic E-state index is 12.7. The van der Waals surface area contributed by atoms with Gasteiger partial charge in [-0.1, -0.05) is 36.4 Å². The molecule has 1 saturated carbocycles. The molecule has 0 bridgehead atoms. The Bertz CT molecular complexity index is 649. The molecule has 0 radical (unpaired) electrons. The molecular weight excluding hydrogens is 325 g/mol. The first-order valence-electron chi connectivity index (χ1n) is 8.45. The molecule has 0 amide bonds. The van der Waals surface area contributed by atoms with Gasteiger partial charge < -0.3 is 10.6 Å². The van der Waals surface area contributed by atoms with Crippen molar-refractivity contribution in [1.29, 1.82) is 0 Å². The SMILES string of the molecule is C=C/C(=C\CNC)C(C)NC(Cc1ccc(C(F)(F)F)cc1)=C1CC1. The van der Waals surface area contributed by atoms with Crippen LogP contribution < -0.4 is 10.6 Å². The molecule has 136 valence electrons. The highest BCUT2D eigenvalue weighted by Crippen LogP contribution is 2.33. The molecule has 1 aromatic rings. The largest absolute Gasteiger partial charge is 0.416 e. The highest BCUT2D eigenvalue weighted by atomic mass is 19.4. The van der Waals surface area contributed by atoms with E-state index in [1.807, 2.05) is 13.1 Å². The molecule has 0 heterocycles. The van der Waals surface area contributed by atoms with E-state index >= 15 is 0 Å². The number of hydrogen-bond acceptors (Lipinski definition) is 2. The van der Waals surface area contributed by atoms with Gasteiger partial charge in [-0.15, -0.1) is 0 Å². The number of benzene rings is 1. The maximum absolute atomic E-state index is 12.7. The van der Waals surface area contributed by atoms with E-state index in [0.717, 1.165) is 48.4 Å². The smallest absolute Gasteiger partial charge is 0.382 e. The van der Waals surface area contributed by atoms with Gasteiger partial charge in [0.15, 0.2) is 0 Å². The molecule has 0 aliphatic heterocycles. The molecule has 1 aromatic carbocycles. The van der Waals surface area contributed by atoms with Crippen LogP contribution in [-0.2, 0) is 12.6 Å². The summed E-state index contributed by atoms with van der Waals surface area (Å²) in [5.41, 5.74) is 3.83. The number of nitrogens with one attached hydrogen (secondary N) is 2. The van der Waals surface area contributed by atoms with Gasteiger partial charge in [-0.3, -0.25) is 0 Å². The van der Waals surface area contributed by atoms with Crippen molar-refractivity contribution in [3.05, 3.63) is 71.0 Å². The quantitative estimate of drug-likeness (QED) is 0.669. The first-order chi connectivity index (χ1) is 11.8. The first kappa shape index (κ1) is 19.3. The second-order valence-electron chi connectivity index (χ2n) is 6.29. The Balaban J connectivity index is 2.08. The van der Waals surface area contributed by atoms with E-state index in [0.29, 0.717) is 6.42 Å². The van der Waals surface area contributed by atoms with Crippen LogP contribution in [0.2, 0.25) is 0 Å². The van der Waals surface area contributed by atoms with Gasteiger partial charge in [0.1, 0.15) is 0 Å². The molecule has 1 atom stereocenters. The molecular formula is C20H25F3N2. The molecule has 1 aliphatic carbocycles. The number of likely N-dealkylation sites (N-methyl/N-ethyl adjacent to an activating group) is 1. The molecule has 0 spiro atoms. The summed E-state index contributed by atoms with van der Waals surface area (Å²) in [5.74, 6) is 0. The first-order valence-corrected chi connectivity index (χ1v) is 8.45. The minimum Gasteiger partial charge on any atom is -0.382 e. The Morgan fingerprint density at radius 3 is 2.36 bits per heavy atom. The van der Waals surface area contributed by atoms with Crippen LogP contribution in [0.1, 0.15) is 30.9 Å². The topological polar surface area (TPSA) is 24.1 Å². The van der Waals surface area contributed by atoms with Crippen molar-refractivity contribution in [3.8, 4) is 0 Å². The lowest BCUT2D eigenvalue weighted by Crippen LogP contribution is -2.28. The van der Waals surface area contributed by atoms with E-state index in [9.17, 15) is 13.2 Å². The monoisotopic (exact) mass is 350 g/mol. The Hall–Kier alpha value is -2.01. The van der Waals surface area contributed by atoms with Gasteiger partial charge in [0.2, 0.25) is 0 Å². The average Bonchev–Trinajstić information content (AvgIpc) is 3.39. The fourth-order valence-corrected chi connectivity index (χ4v) is 2.66. The molecule has 1 aliphatic rings. The van der Waals surface area contributed by atoms with E-state index in [4.69, 9.17) is 0 Å². The Morgan fingerprint density at radius 1 is 1.24 bits per heavy atom. The third-order valence-electron chi connectivity index (χ3n) is 4.26. The summed E-state index contributed by atoms with van der Waals surface area (Å²) in [6, 6.07) is 5.52. The second-order valence-corrected chi connectivity index (χ2v) is 6.29. The Morgan fingerprint density at radius 2 is 1.88 bits per heavy atom. The summed E-state index contributed by atoms with van der Waals surface area (Å²) >= 11 is 0. The van der Waals surface area contributed by atoms with Crippen molar-refractivity contribution in [2.24, 2.45) is 0 Å². The zero-order chi connectivity index (χ0) is 18.4. The van der Waals surface area contributed by atoms with Gasteiger partial charge in [0, 0.05) is 24.7 Å². The van der Waals surface area contributed by atoms with E-state index in [-0.39, 0.29) is 6.04 Å². The van der Waals surface area contributed by atoms with Crippen LogP contribution >= 0.6 is 0 Å². The summed E-state index contributed by atoms with van der Waals surface area (Å²) < 4.78 is 38.0. The molecule has 2 rings (SSSR count). The standard InChI is InChI=1S/C20H25F3N2/c1-4-16(11-12-24-3)14(2)25-19(17-7-8-17)13-15-5-9-18(10-6-15)20(21,22)23/h4-6,9-11,14,24-25H,1,7-8,12-13H2,2-3H3/b16-11+. The van der Waals surface area contributed by atoms with Crippen molar-refractivity contribution < 1.29 is 13.2 Å². The summed E-state index contributed by atoms with van der Waals surface area (Å²) in [6.07, 6.45) is 2.35. The van der Waals surface area contributed by atoms with E-state index in [1.165, 1.54) is 5.57 Å². The normalized spacial score (nSPS) is 15.7. The summed E-state index contributed by atoms with van der Waals surface area (Å²) in [5, 5.41) is 6.60. The second kappa shape index (κ2) is 8.39. The number of rotatable bonds is 8. The number of alkyl halides is 3. The molecule has 1 unspecified atom stereocenters. The van der Waals surface area contributed by atoms with Crippen molar-refractivity contribution in [1.82, 2.24) is 10.6 Å². The number of allylic oxidation sites excluding steroid dienone is 2. The molecule has 5 heteroatoms. The maximum Gasteiger partial charge on any atom is 0.416 e. The van der Waals surface area contributed by atoms with Crippen molar-refractivity contribution >= 4 is 0 Å². The zero-order valence-corrected chi connectivity index (χ0v) is 14.7. The summed E-state index contributed by atoms with van der Waals surface area (Å²) in [6.45, 7) is 6.69. The van der Waals surface area contributed by atoms with Gasteiger partial charge >= 0.3 is 6.18 Å². The summed E-state index contributed by atoms with van der Waals surface area (Å²) in [4.78, 5) is 0. The fourth-order valence-electron chi connectivity index (χ4n) is 2.66. The highest BCUT2D eigenvalue weighted by molar-refractivity contribution is 5.34. The lowest BCUT2D eigenvalue weighted by molar-refractivity contribution is -0.137. The van der Waals surface area contributed by atoms with Gasteiger partial charge in [0.25, 0.3) is 0 Å². The van der Waals surface area contributed by atoms with Crippen LogP contribution in [0.5, 0.6) is 0 Å². The van der Waals surface area contributed by atoms with Gasteiger partial charge in [-0.05, 0) is 50.1 Å². The lowest BCUT2D eigenvalue weighted by atomic mass is 10.0. The molecule has 2 nitrogen and oxygen atoms in total. The lowest BCUT2D eigenvalue weighted by Gasteiger charge is -2.20. The van der Waals surface area contributed by atoms with Gasteiger partial charge in [-0.2, -0.15) is 13.2 Å². The van der Waals surface area contributed by atoms with E-state index < -0.39 is 11.7 Å². The zero-order valence-electron chi connectivity index (χ0n) is 14.7. The van der Waals surface area contributed by atoms with E-state index in [1.54, 1.807) is 12.1 Å². The molecule has 1 fully saturated rings. The van der Waals surface area contributed by atoms with Gasteiger partial charge in [0.05, 0.1) is 5.56 Å². The van der Waals surface area contributed by atoms with Crippen LogP contribution in [0.25, 0.3) is 0 Å². The van der Waals surface area contributed by atoms with Crippen molar-refractivity contribution in [2.45, 2.75) is 38.4 Å². The third kappa shape index (κ3) is 5.78.